The highest BCUT2D eigenvalue weighted by Crippen LogP contribution is 2.29. The number of nitrogens with one attached hydrogen (secondary N) is 2. The maximum atomic E-state index is 13.7. The first kappa shape index (κ1) is 36.0. The fraction of sp³-hybridized carbons (Fsp3) is 0.875. The maximum absolute atomic E-state index is 13.7. The Kier molecular flexibility index (Phi) is 16.4. The molecule has 0 aromatic heterocycles. The third-order valence-corrected chi connectivity index (χ3v) is 9.72. The van der Waals surface area contributed by atoms with E-state index in [1.807, 2.05) is 25.7 Å². The minimum atomic E-state index is -0.520. The van der Waals surface area contributed by atoms with E-state index in [4.69, 9.17) is 9.47 Å². The van der Waals surface area contributed by atoms with Gasteiger partial charge in [0.1, 0.15) is 0 Å². The van der Waals surface area contributed by atoms with Crippen LogP contribution in [0, 0.1) is 17.8 Å². The lowest BCUT2D eigenvalue weighted by atomic mass is 9.89. The second-order valence-electron chi connectivity index (χ2n) is 12.4. The van der Waals surface area contributed by atoms with Crippen molar-refractivity contribution in [3.63, 3.8) is 0 Å². The predicted octanol–water partition coefficient (Wildman–Crippen LogP) is 3.52. The number of methoxy groups -OCH3 is 2. The molecule has 42 heavy (non-hydrogen) atoms. The molecule has 0 bridgehead atoms. The minimum Gasteiger partial charge on any atom is -0.379 e. The Balaban J connectivity index is 2.03. The fourth-order valence-electron chi connectivity index (χ4n) is 6.97. The van der Waals surface area contributed by atoms with E-state index in [0.717, 1.165) is 25.7 Å². The van der Waals surface area contributed by atoms with Crippen LogP contribution in [0.2, 0.25) is 0 Å². The lowest BCUT2D eigenvalue weighted by molar-refractivity contribution is -0.145. The first-order valence-corrected chi connectivity index (χ1v) is 16.2. The van der Waals surface area contributed by atoms with E-state index in [0.29, 0.717) is 25.4 Å². The molecule has 4 amide bonds. The second-order valence-corrected chi connectivity index (χ2v) is 12.4. The van der Waals surface area contributed by atoms with Crippen molar-refractivity contribution in [2.24, 2.45) is 17.8 Å². The lowest BCUT2D eigenvalue weighted by Gasteiger charge is -2.39. The molecule has 6 unspecified atom stereocenters. The quantitative estimate of drug-likeness (QED) is 0.249. The van der Waals surface area contributed by atoms with Gasteiger partial charge in [0.05, 0.1) is 43.2 Å². The standard InChI is InChI=1S/C32H58N4O6/c1-7-23(2)30(35(4)29(39)21-33-22-37)27(41-5)20-28(38)36-19-13-16-26(36)31(42-6)24(3)32(40)34-18-17-25-14-11-9-8-10-12-15-25/h22-27,30-31H,7-21H2,1-6H3,(H,33,37)(H,34,40). The molecule has 0 spiro atoms. The number of amides is 4. The van der Waals surface area contributed by atoms with Gasteiger partial charge >= 0.3 is 0 Å². The number of ether oxygens (including phenoxy) is 2. The van der Waals surface area contributed by atoms with E-state index in [2.05, 4.69) is 10.6 Å². The number of nitrogens with zero attached hydrogens (tertiary/aromatic N) is 2. The Morgan fingerprint density at radius 1 is 1.00 bits per heavy atom. The van der Waals surface area contributed by atoms with Gasteiger partial charge < -0.3 is 29.9 Å². The number of hydrogen-bond donors (Lipinski definition) is 2. The maximum Gasteiger partial charge on any atom is 0.242 e. The van der Waals surface area contributed by atoms with Gasteiger partial charge in [-0.1, -0.05) is 72.1 Å². The number of hydrogen-bond acceptors (Lipinski definition) is 6. The van der Waals surface area contributed by atoms with Crippen LogP contribution in [0.1, 0.15) is 97.8 Å². The van der Waals surface area contributed by atoms with Crippen molar-refractivity contribution in [3.8, 4) is 0 Å². The van der Waals surface area contributed by atoms with Gasteiger partial charge in [-0.05, 0) is 31.1 Å². The summed E-state index contributed by atoms with van der Waals surface area (Å²) in [6.07, 6.45) is 12.2. The van der Waals surface area contributed by atoms with Gasteiger partial charge in [0, 0.05) is 34.4 Å². The van der Waals surface area contributed by atoms with Gasteiger partial charge in [0.15, 0.2) is 0 Å². The fourth-order valence-corrected chi connectivity index (χ4v) is 6.97. The van der Waals surface area contributed by atoms with Crippen molar-refractivity contribution < 1.29 is 28.7 Å². The van der Waals surface area contributed by atoms with Gasteiger partial charge in [0.2, 0.25) is 24.1 Å². The van der Waals surface area contributed by atoms with Crippen molar-refractivity contribution in [1.82, 2.24) is 20.4 Å². The number of rotatable bonds is 17. The summed E-state index contributed by atoms with van der Waals surface area (Å²) in [7, 11) is 4.88. The zero-order valence-corrected chi connectivity index (χ0v) is 27.1. The monoisotopic (exact) mass is 594 g/mol. The smallest absolute Gasteiger partial charge is 0.242 e. The summed E-state index contributed by atoms with van der Waals surface area (Å²) in [5.74, 6) is 0.0256. The molecule has 10 nitrogen and oxygen atoms in total. The van der Waals surface area contributed by atoms with Crippen molar-refractivity contribution in [1.29, 1.82) is 0 Å². The molecule has 1 saturated carbocycles. The van der Waals surface area contributed by atoms with Gasteiger partial charge in [-0.25, -0.2) is 0 Å². The highest BCUT2D eigenvalue weighted by Gasteiger charge is 2.41. The van der Waals surface area contributed by atoms with E-state index in [9.17, 15) is 19.2 Å². The van der Waals surface area contributed by atoms with E-state index in [1.165, 1.54) is 44.9 Å². The first-order valence-electron chi connectivity index (χ1n) is 16.2. The average molecular weight is 595 g/mol. The SMILES string of the molecule is CCC(C)C(C(CC(=O)N1CCCC1C(OC)C(C)C(=O)NCCC1CCCCCCC1)OC)N(C)C(=O)CNC=O. The molecule has 0 aromatic rings. The number of carbonyl (C=O) groups excluding carboxylic acids is 4. The van der Waals surface area contributed by atoms with Crippen LogP contribution in [0.5, 0.6) is 0 Å². The van der Waals surface area contributed by atoms with Crippen molar-refractivity contribution >= 4 is 24.1 Å². The third-order valence-electron chi connectivity index (χ3n) is 9.72. The Morgan fingerprint density at radius 3 is 2.26 bits per heavy atom. The molecule has 0 radical (unpaired) electrons. The van der Waals surface area contributed by atoms with Crippen LogP contribution in [0.4, 0.5) is 0 Å². The van der Waals surface area contributed by atoms with Crippen molar-refractivity contribution in [2.45, 2.75) is 122 Å². The second kappa shape index (κ2) is 19.2. The molecule has 2 N–H and O–H groups in total. The number of carbonyl (C=O) groups is 4. The lowest BCUT2D eigenvalue weighted by Crippen LogP contribution is -2.54. The summed E-state index contributed by atoms with van der Waals surface area (Å²) < 4.78 is 11.7. The molecule has 1 aliphatic carbocycles. The van der Waals surface area contributed by atoms with Crippen molar-refractivity contribution in [2.75, 3.05) is 40.9 Å². The van der Waals surface area contributed by atoms with Crippen LogP contribution in [0.25, 0.3) is 0 Å². The molecule has 10 heteroatoms. The third kappa shape index (κ3) is 10.5. The molecular formula is C32H58N4O6. The van der Waals surface area contributed by atoms with Crippen molar-refractivity contribution in [3.05, 3.63) is 0 Å². The molecule has 6 atom stereocenters. The van der Waals surface area contributed by atoms with Crippen LogP contribution in [0.3, 0.4) is 0 Å². The molecule has 2 fully saturated rings. The summed E-state index contributed by atoms with van der Waals surface area (Å²) in [5, 5.41) is 5.58. The topological polar surface area (TPSA) is 117 Å². The van der Waals surface area contributed by atoms with Crippen LogP contribution in [-0.4, -0.2) is 99.1 Å². The van der Waals surface area contributed by atoms with Gasteiger partial charge in [-0.2, -0.15) is 0 Å². The normalized spacial score (nSPS) is 21.8. The number of likely N-dealkylation sites (N-methyl/N-ethyl adjacent to an activating group) is 1. The van der Waals surface area contributed by atoms with E-state index in [1.54, 1.807) is 26.2 Å². The highest BCUT2D eigenvalue weighted by molar-refractivity contribution is 5.81. The molecule has 1 aliphatic heterocycles. The van der Waals surface area contributed by atoms with E-state index in [-0.39, 0.29) is 48.7 Å². The zero-order valence-electron chi connectivity index (χ0n) is 27.1. The average Bonchev–Trinajstić information content (AvgIpc) is 3.46. The Bertz CT molecular complexity index is 834. The highest BCUT2D eigenvalue weighted by atomic mass is 16.5. The Morgan fingerprint density at radius 2 is 1.67 bits per heavy atom. The summed E-state index contributed by atoms with van der Waals surface area (Å²) in [4.78, 5) is 53.8. The summed E-state index contributed by atoms with van der Waals surface area (Å²) in [5.41, 5.74) is 0. The Hall–Kier alpha value is -2.20. The zero-order chi connectivity index (χ0) is 31.1. The molecule has 1 heterocycles. The Labute approximate surface area is 254 Å². The summed E-state index contributed by atoms with van der Waals surface area (Å²) in [6, 6.07) is -0.545. The number of likely N-dealkylation sites (tertiary alicyclic amines) is 1. The van der Waals surface area contributed by atoms with Crippen LogP contribution >= 0.6 is 0 Å². The van der Waals surface area contributed by atoms with Gasteiger partial charge in [-0.3, -0.25) is 19.2 Å². The summed E-state index contributed by atoms with van der Waals surface area (Å²) in [6.45, 7) is 7.14. The first-order chi connectivity index (χ1) is 20.2. The van der Waals surface area contributed by atoms with Crippen LogP contribution < -0.4 is 10.6 Å². The van der Waals surface area contributed by atoms with Crippen LogP contribution in [0.15, 0.2) is 0 Å². The minimum absolute atomic E-state index is 0.0253. The van der Waals surface area contributed by atoms with E-state index < -0.39 is 18.1 Å². The summed E-state index contributed by atoms with van der Waals surface area (Å²) >= 11 is 0. The van der Waals surface area contributed by atoms with Gasteiger partial charge in [0.25, 0.3) is 0 Å². The molecule has 2 rings (SSSR count). The van der Waals surface area contributed by atoms with E-state index >= 15 is 0 Å². The molecule has 0 aromatic carbocycles. The van der Waals surface area contributed by atoms with Crippen LogP contribution in [-0.2, 0) is 28.7 Å². The molecular weight excluding hydrogens is 536 g/mol. The largest absolute Gasteiger partial charge is 0.379 e. The molecule has 1 saturated heterocycles. The molecule has 242 valence electrons. The van der Waals surface area contributed by atoms with Gasteiger partial charge in [-0.15, -0.1) is 0 Å². The predicted molar refractivity (Wildman–Crippen MR) is 164 cm³/mol. The molecule has 2 aliphatic rings.